The molecule has 112 valence electrons. The van der Waals surface area contributed by atoms with Crippen molar-refractivity contribution in [3.63, 3.8) is 0 Å². The summed E-state index contributed by atoms with van der Waals surface area (Å²) in [5.41, 5.74) is 2.83. The highest BCUT2D eigenvalue weighted by Crippen LogP contribution is 2.28. The molecule has 7 heteroatoms. The number of hydrogen-bond donors (Lipinski definition) is 3. The molecule has 4 N–H and O–H groups in total. The number of rotatable bonds is 5. The summed E-state index contributed by atoms with van der Waals surface area (Å²) in [6, 6.07) is 6.62. The number of nitrogens with one attached hydrogen (secondary N) is 1. The van der Waals surface area contributed by atoms with E-state index in [9.17, 15) is 8.42 Å². The van der Waals surface area contributed by atoms with E-state index in [1.807, 2.05) is 0 Å². The Morgan fingerprint density at radius 3 is 2.85 bits per heavy atom. The van der Waals surface area contributed by atoms with E-state index in [0.717, 1.165) is 12.8 Å². The van der Waals surface area contributed by atoms with Crippen LogP contribution >= 0.6 is 0 Å². The van der Waals surface area contributed by atoms with Crippen molar-refractivity contribution in [2.45, 2.75) is 24.2 Å². The summed E-state index contributed by atoms with van der Waals surface area (Å²) >= 11 is 0. The molecule has 1 aromatic carbocycles. The van der Waals surface area contributed by atoms with Crippen LogP contribution in [0.15, 0.2) is 29.2 Å². The maximum absolute atomic E-state index is 12.7. The van der Waals surface area contributed by atoms with Gasteiger partial charge in [0.25, 0.3) is 0 Å². The Kier molecular flexibility index (Phi) is 4.98. The second kappa shape index (κ2) is 6.53. The van der Waals surface area contributed by atoms with E-state index in [2.05, 4.69) is 5.43 Å². The molecule has 1 heterocycles. The molecule has 20 heavy (non-hydrogen) atoms. The SMILES string of the molecule is NNc1ccccc1S(=O)(=O)N1CCCC(CCO)C1. The normalized spacial score (nSPS) is 20.8. The highest BCUT2D eigenvalue weighted by Gasteiger charge is 2.31. The summed E-state index contributed by atoms with van der Waals surface area (Å²) in [6.45, 7) is 1.07. The zero-order valence-corrected chi connectivity index (χ0v) is 12.1. The van der Waals surface area contributed by atoms with Crippen molar-refractivity contribution in [3.8, 4) is 0 Å². The largest absolute Gasteiger partial charge is 0.396 e. The first-order valence-corrected chi connectivity index (χ1v) is 8.20. The highest BCUT2D eigenvalue weighted by atomic mass is 32.2. The molecule has 6 nitrogen and oxygen atoms in total. The molecule has 1 atom stereocenters. The summed E-state index contributed by atoms with van der Waals surface area (Å²) in [4.78, 5) is 0.201. The fourth-order valence-corrected chi connectivity index (χ4v) is 4.32. The van der Waals surface area contributed by atoms with E-state index < -0.39 is 10.0 Å². The fourth-order valence-electron chi connectivity index (χ4n) is 2.61. The van der Waals surface area contributed by atoms with Gasteiger partial charge in [0.2, 0.25) is 10.0 Å². The number of nitrogens with zero attached hydrogens (tertiary/aromatic N) is 1. The Bertz CT molecular complexity index is 546. The summed E-state index contributed by atoms with van der Waals surface area (Å²) < 4.78 is 26.9. The van der Waals surface area contributed by atoms with E-state index in [1.54, 1.807) is 24.3 Å². The molecule has 0 amide bonds. The van der Waals surface area contributed by atoms with Crippen molar-refractivity contribution >= 4 is 15.7 Å². The van der Waals surface area contributed by atoms with E-state index in [1.165, 1.54) is 4.31 Å². The molecule has 0 spiro atoms. The van der Waals surface area contributed by atoms with Crippen molar-refractivity contribution < 1.29 is 13.5 Å². The Morgan fingerprint density at radius 1 is 1.40 bits per heavy atom. The maximum atomic E-state index is 12.7. The zero-order chi connectivity index (χ0) is 14.6. The van der Waals surface area contributed by atoms with Crippen molar-refractivity contribution in [3.05, 3.63) is 24.3 Å². The molecule has 0 bridgehead atoms. The highest BCUT2D eigenvalue weighted by molar-refractivity contribution is 7.89. The van der Waals surface area contributed by atoms with Crippen LogP contribution in [0.2, 0.25) is 0 Å². The molecular weight excluding hydrogens is 278 g/mol. The minimum Gasteiger partial charge on any atom is -0.396 e. The van der Waals surface area contributed by atoms with Crippen LogP contribution in [0, 0.1) is 5.92 Å². The number of benzene rings is 1. The van der Waals surface area contributed by atoms with Gasteiger partial charge in [0, 0.05) is 19.7 Å². The number of hydrogen-bond acceptors (Lipinski definition) is 5. The van der Waals surface area contributed by atoms with Crippen LogP contribution in [0.3, 0.4) is 0 Å². The molecule has 1 saturated heterocycles. The van der Waals surface area contributed by atoms with Gasteiger partial charge < -0.3 is 10.5 Å². The number of aliphatic hydroxyl groups is 1. The third-order valence-electron chi connectivity index (χ3n) is 3.68. The number of para-hydroxylation sites is 1. The average Bonchev–Trinajstić information content (AvgIpc) is 2.48. The predicted octanol–water partition coefficient (Wildman–Crippen LogP) is 0.755. The Labute approximate surface area is 119 Å². The minimum atomic E-state index is -3.55. The van der Waals surface area contributed by atoms with Gasteiger partial charge in [-0.2, -0.15) is 4.31 Å². The lowest BCUT2D eigenvalue weighted by atomic mass is 9.97. The van der Waals surface area contributed by atoms with Gasteiger partial charge in [-0.3, -0.25) is 5.84 Å². The molecule has 0 saturated carbocycles. The Balaban J connectivity index is 2.25. The molecule has 0 aliphatic carbocycles. The van der Waals surface area contributed by atoms with Crippen LogP contribution < -0.4 is 11.3 Å². The topological polar surface area (TPSA) is 95.7 Å². The van der Waals surface area contributed by atoms with Crippen LogP contribution in [0.5, 0.6) is 0 Å². The number of nitrogen functional groups attached to an aromatic ring is 1. The second-order valence-corrected chi connectivity index (χ2v) is 6.93. The number of aliphatic hydroxyl groups excluding tert-OH is 1. The van der Waals surface area contributed by atoms with E-state index >= 15 is 0 Å². The minimum absolute atomic E-state index is 0.0967. The second-order valence-electron chi connectivity index (χ2n) is 5.02. The van der Waals surface area contributed by atoms with Crippen LogP contribution in [-0.4, -0.2) is 37.5 Å². The summed E-state index contributed by atoms with van der Waals surface area (Å²) in [6.07, 6.45) is 2.42. The standard InChI is InChI=1S/C13H21N3O3S/c14-15-12-5-1-2-6-13(12)20(18,19)16-8-3-4-11(10-16)7-9-17/h1-2,5-6,11,15,17H,3-4,7-10,14H2. The summed E-state index contributed by atoms with van der Waals surface area (Å²) in [5.74, 6) is 5.61. The van der Waals surface area contributed by atoms with E-state index in [0.29, 0.717) is 25.2 Å². The lowest BCUT2D eigenvalue weighted by Crippen LogP contribution is -2.40. The van der Waals surface area contributed by atoms with Gasteiger partial charge in [-0.25, -0.2) is 8.42 Å². The van der Waals surface area contributed by atoms with Gasteiger partial charge >= 0.3 is 0 Å². The molecular formula is C13H21N3O3S. The first-order valence-electron chi connectivity index (χ1n) is 6.76. The summed E-state index contributed by atoms with van der Waals surface area (Å²) in [5, 5.41) is 9.01. The Hall–Kier alpha value is -1.15. The van der Waals surface area contributed by atoms with Crippen molar-refractivity contribution in [1.82, 2.24) is 4.31 Å². The molecule has 0 aromatic heterocycles. The molecule has 1 aliphatic rings. The quantitative estimate of drug-likeness (QED) is 0.551. The van der Waals surface area contributed by atoms with Gasteiger partial charge in [-0.1, -0.05) is 12.1 Å². The van der Waals surface area contributed by atoms with Gasteiger partial charge in [-0.05, 0) is 37.3 Å². The fraction of sp³-hybridized carbons (Fsp3) is 0.538. The third-order valence-corrected chi connectivity index (χ3v) is 5.60. The van der Waals surface area contributed by atoms with E-state index in [4.69, 9.17) is 10.9 Å². The maximum Gasteiger partial charge on any atom is 0.245 e. The molecule has 1 aliphatic heterocycles. The van der Waals surface area contributed by atoms with Crippen LogP contribution in [0.25, 0.3) is 0 Å². The lowest BCUT2D eigenvalue weighted by Gasteiger charge is -2.32. The number of hydrazine groups is 1. The third kappa shape index (κ3) is 3.12. The number of anilines is 1. The number of sulfonamides is 1. The van der Waals surface area contributed by atoms with Crippen LogP contribution in [-0.2, 0) is 10.0 Å². The lowest BCUT2D eigenvalue weighted by molar-refractivity contribution is 0.203. The van der Waals surface area contributed by atoms with Crippen molar-refractivity contribution in [2.75, 3.05) is 25.1 Å². The van der Waals surface area contributed by atoms with Gasteiger partial charge in [0.1, 0.15) is 4.90 Å². The van der Waals surface area contributed by atoms with Crippen molar-refractivity contribution in [2.24, 2.45) is 11.8 Å². The molecule has 0 radical (unpaired) electrons. The monoisotopic (exact) mass is 299 g/mol. The Morgan fingerprint density at radius 2 is 2.15 bits per heavy atom. The molecule has 1 unspecified atom stereocenters. The van der Waals surface area contributed by atoms with Gasteiger partial charge in [-0.15, -0.1) is 0 Å². The first-order chi connectivity index (χ1) is 9.59. The molecule has 1 aromatic rings. The average molecular weight is 299 g/mol. The number of nitrogens with two attached hydrogens (primary N) is 1. The smallest absolute Gasteiger partial charge is 0.245 e. The van der Waals surface area contributed by atoms with Gasteiger partial charge in [0.15, 0.2) is 0 Å². The van der Waals surface area contributed by atoms with E-state index in [-0.39, 0.29) is 17.4 Å². The first kappa shape index (κ1) is 15.2. The van der Waals surface area contributed by atoms with Crippen LogP contribution in [0.1, 0.15) is 19.3 Å². The van der Waals surface area contributed by atoms with Gasteiger partial charge in [0.05, 0.1) is 5.69 Å². The molecule has 2 rings (SSSR count). The zero-order valence-electron chi connectivity index (χ0n) is 11.3. The van der Waals surface area contributed by atoms with Crippen molar-refractivity contribution in [1.29, 1.82) is 0 Å². The molecule has 1 fully saturated rings. The number of piperidine rings is 1. The predicted molar refractivity (Wildman–Crippen MR) is 77.4 cm³/mol. The summed E-state index contributed by atoms with van der Waals surface area (Å²) in [7, 11) is -3.55. The van der Waals surface area contributed by atoms with Crippen LogP contribution in [0.4, 0.5) is 5.69 Å².